The fourth-order valence-electron chi connectivity index (χ4n) is 1.55. The van der Waals surface area contributed by atoms with E-state index in [4.69, 9.17) is 11.0 Å². The zero-order valence-corrected chi connectivity index (χ0v) is 12.6. The van der Waals surface area contributed by atoms with Crippen molar-refractivity contribution in [3.8, 4) is 6.07 Å². The lowest BCUT2D eigenvalue weighted by molar-refractivity contribution is -0.138. The third-order valence-electron chi connectivity index (χ3n) is 2.62. The molecule has 7 nitrogen and oxygen atoms in total. The zero-order chi connectivity index (χ0) is 18.9. The van der Waals surface area contributed by atoms with E-state index in [1.165, 1.54) is 6.20 Å². The second-order valence-electron chi connectivity index (χ2n) is 4.34. The van der Waals surface area contributed by atoms with E-state index in [-0.39, 0.29) is 6.54 Å². The van der Waals surface area contributed by atoms with E-state index in [1.807, 2.05) is 5.32 Å². The van der Waals surface area contributed by atoms with E-state index in [0.717, 1.165) is 12.4 Å². The average molecular weight is 351 g/mol. The monoisotopic (exact) mass is 351 g/mol. The summed E-state index contributed by atoms with van der Waals surface area (Å²) in [5.74, 6) is -1.46. The number of primary amides is 1. The highest BCUT2D eigenvalue weighted by molar-refractivity contribution is 5.95. The average Bonchev–Trinajstić information content (AvgIpc) is 2.60. The summed E-state index contributed by atoms with van der Waals surface area (Å²) in [6.45, 7) is -0.356. The predicted octanol–water partition coefficient (Wildman–Crippen LogP) is 1.53. The summed E-state index contributed by atoms with van der Waals surface area (Å²) in [7, 11) is 0. The third kappa shape index (κ3) is 6.26. The van der Waals surface area contributed by atoms with Crippen molar-refractivity contribution in [3.05, 3.63) is 59.7 Å². The molecule has 25 heavy (non-hydrogen) atoms. The number of pyridine rings is 2. The van der Waals surface area contributed by atoms with Gasteiger partial charge in [0, 0.05) is 18.6 Å². The molecule has 0 bridgehead atoms. The fourth-order valence-corrected chi connectivity index (χ4v) is 1.55. The Kier molecular flexibility index (Phi) is 7.02. The van der Waals surface area contributed by atoms with E-state index in [0.29, 0.717) is 11.8 Å². The number of nitrogens with one attached hydrogen (secondary N) is 1. The van der Waals surface area contributed by atoms with Crippen LogP contribution in [0.1, 0.15) is 26.4 Å². The van der Waals surface area contributed by atoms with Gasteiger partial charge < -0.3 is 11.1 Å². The number of carbonyl (C=O) groups excluding carboxylic acids is 2. The van der Waals surface area contributed by atoms with E-state index < -0.39 is 29.1 Å². The molecule has 0 aliphatic rings. The molecule has 10 heteroatoms. The van der Waals surface area contributed by atoms with Gasteiger partial charge in [0.2, 0.25) is 0 Å². The second kappa shape index (κ2) is 8.97. The van der Waals surface area contributed by atoms with E-state index in [2.05, 4.69) is 9.97 Å². The lowest BCUT2D eigenvalue weighted by Gasteiger charge is -2.10. The van der Waals surface area contributed by atoms with Crippen molar-refractivity contribution in [2.24, 2.45) is 5.73 Å². The lowest BCUT2D eigenvalue weighted by Crippen LogP contribution is -2.26. The van der Waals surface area contributed by atoms with Gasteiger partial charge in [-0.3, -0.25) is 19.6 Å². The van der Waals surface area contributed by atoms with E-state index >= 15 is 0 Å². The molecule has 0 fully saturated rings. The summed E-state index contributed by atoms with van der Waals surface area (Å²) in [6.07, 6.45) is -1.33. The van der Waals surface area contributed by atoms with Crippen molar-refractivity contribution in [2.75, 3.05) is 6.54 Å². The highest BCUT2D eigenvalue weighted by atomic mass is 19.4. The Labute approximate surface area is 140 Å². The van der Waals surface area contributed by atoms with Gasteiger partial charge in [0.05, 0.1) is 17.2 Å². The summed E-state index contributed by atoms with van der Waals surface area (Å²) in [4.78, 5) is 28.8. The molecule has 0 aliphatic heterocycles. The number of aromatic nitrogens is 2. The van der Waals surface area contributed by atoms with Crippen LogP contribution < -0.4 is 11.1 Å². The fraction of sp³-hybridized carbons (Fsp3) is 0.133. The molecular formula is C15H12F3N5O2. The van der Waals surface area contributed by atoms with Crippen LogP contribution in [-0.4, -0.2) is 28.3 Å². The van der Waals surface area contributed by atoms with Gasteiger partial charge in [-0.2, -0.15) is 18.4 Å². The summed E-state index contributed by atoms with van der Waals surface area (Å²) in [5, 5.41) is 10.2. The first-order valence-electron chi connectivity index (χ1n) is 6.64. The lowest BCUT2D eigenvalue weighted by atomic mass is 10.1. The van der Waals surface area contributed by atoms with Crippen LogP contribution >= 0.6 is 0 Å². The van der Waals surface area contributed by atoms with Crippen molar-refractivity contribution >= 4 is 11.8 Å². The summed E-state index contributed by atoms with van der Waals surface area (Å²) >= 11 is 0. The maximum Gasteiger partial charge on any atom is 0.417 e. The molecule has 0 atom stereocenters. The highest BCUT2D eigenvalue weighted by Crippen LogP contribution is 2.31. The highest BCUT2D eigenvalue weighted by Gasteiger charge is 2.35. The normalized spacial score (nSPS) is 10.0. The number of amides is 2. The molecule has 0 radical (unpaired) electrons. The predicted molar refractivity (Wildman–Crippen MR) is 79.9 cm³/mol. The van der Waals surface area contributed by atoms with Gasteiger partial charge in [-0.05, 0) is 18.2 Å². The molecule has 2 aromatic rings. The van der Waals surface area contributed by atoms with E-state index in [9.17, 15) is 22.8 Å². The first-order valence-corrected chi connectivity index (χ1v) is 6.64. The maximum absolute atomic E-state index is 12.5. The number of hydrogen-bond acceptors (Lipinski definition) is 5. The minimum atomic E-state index is -4.62. The molecule has 2 amide bonds. The quantitative estimate of drug-likeness (QED) is 0.812. The van der Waals surface area contributed by atoms with E-state index in [1.54, 1.807) is 24.3 Å². The number of halogens is 3. The van der Waals surface area contributed by atoms with Gasteiger partial charge in [-0.25, -0.2) is 0 Å². The first kappa shape index (κ1) is 19.6. The molecule has 0 spiro atoms. The standard InChI is InChI=1S/C9H6F3N3O.C6H6N2O/c10-9(11,12)7-1-3-14-5-6(7)8(16)15-4-2-13;7-6(9)5-3-1-2-4-8-5/h1,3,5H,4H2,(H,15,16);1-4H,(H2,7,9). The van der Waals surface area contributed by atoms with Gasteiger partial charge in [-0.15, -0.1) is 0 Å². The number of carbonyl (C=O) groups is 2. The molecule has 3 N–H and O–H groups in total. The Hall–Kier alpha value is -3.48. The smallest absolute Gasteiger partial charge is 0.364 e. The molecule has 0 unspecified atom stereocenters. The summed E-state index contributed by atoms with van der Waals surface area (Å²) in [6, 6.07) is 7.32. The molecule has 2 heterocycles. The SMILES string of the molecule is N#CCNC(=O)c1cnccc1C(F)(F)F.NC(=O)c1ccccn1. The van der Waals surface area contributed by atoms with Gasteiger partial charge >= 0.3 is 6.18 Å². The molecule has 2 aromatic heterocycles. The van der Waals surface area contributed by atoms with Crippen molar-refractivity contribution in [1.29, 1.82) is 5.26 Å². The van der Waals surface area contributed by atoms with Crippen LogP contribution in [0.2, 0.25) is 0 Å². The summed E-state index contributed by atoms with van der Waals surface area (Å²) in [5.41, 5.74) is 3.55. The topological polar surface area (TPSA) is 122 Å². The Morgan fingerprint density at radius 1 is 1.24 bits per heavy atom. The van der Waals surface area contributed by atoms with Crippen LogP contribution in [-0.2, 0) is 6.18 Å². The van der Waals surface area contributed by atoms with Gasteiger partial charge in [0.25, 0.3) is 11.8 Å². The molecule has 0 saturated heterocycles. The Bertz CT molecular complexity index is 773. The number of rotatable bonds is 3. The van der Waals surface area contributed by atoms with Gasteiger partial charge in [0.15, 0.2) is 0 Å². The second-order valence-corrected chi connectivity index (χ2v) is 4.34. The summed E-state index contributed by atoms with van der Waals surface area (Å²) < 4.78 is 37.4. The Balaban J connectivity index is 0.000000293. The molecule has 0 saturated carbocycles. The maximum atomic E-state index is 12.5. The number of nitrogens with zero attached hydrogens (tertiary/aromatic N) is 3. The van der Waals surface area contributed by atoms with Crippen molar-refractivity contribution in [3.63, 3.8) is 0 Å². The van der Waals surface area contributed by atoms with Crippen molar-refractivity contribution < 1.29 is 22.8 Å². The Morgan fingerprint density at radius 3 is 2.44 bits per heavy atom. The number of nitrogens with two attached hydrogens (primary N) is 1. The molecule has 130 valence electrons. The number of hydrogen-bond donors (Lipinski definition) is 2. The number of alkyl halides is 3. The van der Waals surface area contributed by atoms with Crippen LogP contribution in [0.5, 0.6) is 0 Å². The Morgan fingerprint density at radius 2 is 1.96 bits per heavy atom. The van der Waals surface area contributed by atoms with Crippen LogP contribution in [0.25, 0.3) is 0 Å². The number of nitriles is 1. The molecular weight excluding hydrogens is 339 g/mol. The molecule has 0 aliphatic carbocycles. The van der Waals surface area contributed by atoms with Crippen LogP contribution in [0.3, 0.4) is 0 Å². The van der Waals surface area contributed by atoms with Crippen molar-refractivity contribution in [2.45, 2.75) is 6.18 Å². The zero-order valence-electron chi connectivity index (χ0n) is 12.6. The van der Waals surface area contributed by atoms with Crippen molar-refractivity contribution in [1.82, 2.24) is 15.3 Å². The third-order valence-corrected chi connectivity index (χ3v) is 2.62. The molecule has 0 aromatic carbocycles. The minimum Gasteiger partial charge on any atom is -0.364 e. The van der Waals surface area contributed by atoms with Gasteiger partial charge in [0.1, 0.15) is 12.2 Å². The van der Waals surface area contributed by atoms with Crippen LogP contribution in [0.4, 0.5) is 13.2 Å². The largest absolute Gasteiger partial charge is 0.417 e. The van der Waals surface area contributed by atoms with Crippen LogP contribution in [0, 0.1) is 11.3 Å². The van der Waals surface area contributed by atoms with Gasteiger partial charge in [-0.1, -0.05) is 6.07 Å². The van der Waals surface area contributed by atoms with Crippen LogP contribution in [0.15, 0.2) is 42.9 Å². The molecule has 2 rings (SSSR count). The minimum absolute atomic E-state index is 0.303. The first-order chi connectivity index (χ1) is 11.8.